The minimum Gasteiger partial charge on any atom is -0.455 e. The molecule has 1 nitrogen and oxygen atoms in total. The summed E-state index contributed by atoms with van der Waals surface area (Å²) in [7, 11) is 0. The number of ether oxygens (including phenoxy) is 1. The average molecular weight is 461 g/mol. The Bertz CT molecular complexity index is 1880. The van der Waals surface area contributed by atoms with Crippen molar-refractivity contribution in [2.75, 3.05) is 0 Å². The molecule has 0 atom stereocenters. The van der Waals surface area contributed by atoms with Gasteiger partial charge in [0.25, 0.3) is 0 Å². The van der Waals surface area contributed by atoms with Crippen LogP contribution in [0.2, 0.25) is 0 Å². The van der Waals surface area contributed by atoms with Crippen molar-refractivity contribution in [1.29, 1.82) is 0 Å². The van der Waals surface area contributed by atoms with Gasteiger partial charge in [0, 0.05) is 21.9 Å². The van der Waals surface area contributed by atoms with Crippen LogP contribution in [0.15, 0.2) is 109 Å². The fraction of sp³-hybridized carbons (Fsp3) is 0.0857. The fourth-order valence-electron chi connectivity index (χ4n) is 6.49. The summed E-state index contributed by atoms with van der Waals surface area (Å²) in [5, 5.41) is 5.04. The lowest BCUT2D eigenvalue weighted by atomic mass is 9.81. The van der Waals surface area contributed by atoms with E-state index in [0.717, 1.165) is 22.6 Å². The van der Waals surface area contributed by atoms with Gasteiger partial charge in [0.1, 0.15) is 11.5 Å². The third-order valence-electron chi connectivity index (χ3n) is 8.26. The van der Waals surface area contributed by atoms with Crippen LogP contribution in [0.4, 0.5) is 0 Å². The Morgan fingerprint density at radius 3 is 2.22 bits per heavy atom. The summed E-state index contributed by atoms with van der Waals surface area (Å²) in [6, 6.07) is 39.7. The van der Waals surface area contributed by atoms with Crippen LogP contribution in [-0.2, 0) is 5.41 Å². The van der Waals surface area contributed by atoms with E-state index in [-0.39, 0.29) is 5.41 Å². The molecule has 1 aliphatic heterocycles. The summed E-state index contributed by atoms with van der Waals surface area (Å²) >= 11 is 0. The normalized spacial score (nSPS) is 14.3. The molecule has 0 saturated heterocycles. The third-order valence-corrected chi connectivity index (χ3v) is 8.26. The van der Waals surface area contributed by atoms with Gasteiger partial charge >= 0.3 is 0 Å². The van der Waals surface area contributed by atoms with E-state index in [1.807, 2.05) is 0 Å². The average Bonchev–Trinajstić information content (AvgIpc) is 3.15. The second-order valence-electron chi connectivity index (χ2n) is 10.5. The van der Waals surface area contributed by atoms with Gasteiger partial charge in [0.2, 0.25) is 0 Å². The zero-order valence-electron chi connectivity index (χ0n) is 20.3. The number of para-hydroxylation sites is 1. The molecule has 0 unspecified atom stereocenters. The first-order valence-corrected chi connectivity index (χ1v) is 12.6. The summed E-state index contributed by atoms with van der Waals surface area (Å²) in [4.78, 5) is 0. The molecule has 0 saturated carbocycles. The molecule has 2 aliphatic rings. The Morgan fingerprint density at radius 2 is 1.31 bits per heavy atom. The maximum absolute atomic E-state index is 6.63. The summed E-state index contributed by atoms with van der Waals surface area (Å²) in [5.74, 6) is 1.88. The number of rotatable bonds is 1. The van der Waals surface area contributed by atoms with Crippen LogP contribution >= 0.6 is 0 Å². The molecule has 1 heteroatoms. The summed E-state index contributed by atoms with van der Waals surface area (Å²) in [6.07, 6.45) is 0. The summed E-state index contributed by atoms with van der Waals surface area (Å²) < 4.78 is 6.63. The van der Waals surface area contributed by atoms with Crippen LogP contribution in [0.5, 0.6) is 11.5 Å². The molecule has 8 rings (SSSR count). The molecular formula is C35H24O. The van der Waals surface area contributed by atoms with Crippen molar-refractivity contribution < 1.29 is 4.74 Å². The Kier molecular flexibility index (Phi) is 3.79. The van der Waals surface area contributed by atoms with Crippen molar-refractivity contribution in [3.05, 3.63) is 120 Å². The first-order valence-electron chi connectivity index (χ1n) is 12.6. The molecule has 6 aromatic rings. The highest BCUT2D eigenvalue weighted by Crippen LogP contribution is 2.54. The zero-order chi connectivity index (χ0) is 24.0. The van der Waals surface area contributed by atoms with E-state index in [9.17, 15) is 0 Å². The van der Waals surface area contributed by atoms with Crippen molar-refractivity contribution in [2.45, 2.75) is 19.3 Å². The van der Waals surface area contributed by atoms with Gasteiger partial charge in [-0.05, 0) is 61.7 Å². The Morgan fingerprint density at radius 1 is 0.556 bits per heavy atom. The van der Waals surface area contributed by atoms with Crippen molar-refractivity contribution in [3.63, 3.8) is 0 Å². The van der Waals surface area contributed by atoms with Gasteiger partial charge in [0.05, 0.1) is 0 Å². The molecule has 0 N–H and O–H groups in total. The highest BCUT2D eigenvalue weighted by atomic mass is 16.5. The van der Waals surface area contributed by atoms with Gasteiger partial charge in [-0.25, -0.2) is 0 Å². The molecule has 6 aromatic carbocycles. The monoisotopic (exact) mass is 460 g/mol. The van der Waals surface area contributed by atoms with Crippen molar-refractivity contribution >= 4 is 21.5 Å². The molecule has 1 heterocycles. The number of hydrogen-bond donors (Lipinski definition) is 0. The maximum atomic E-state index is 6.63. The number of fused-ring (bicyclic) bond motifs is 7. The lowest BCUT2D eigenvalue weighted by molar-refractivity contribution is 0.489. The smallest absolute Gasteiger partial charge is 0.143 e. The lowest BCUT2D eigenvalue weighted by Crippen LogP contribution is -2.15. The third kappa shape index (κ3) is 2.50. The number of hydrogen-bond acceptors (Lipinski definition) is 1. The van der Waals surface area contributed by atoms with Crippen LogP contribution in [-0.4, -0.2) is 0 Å². The quantitative estimate of drug-likeness (QED) is 0.237. The van der Waals surface area contributed by atoms with E-state index in [0.29, 0.717) is 0 Å². The van der Waals surface area contributed by atoms with E-state index in [4.69, 9.17) is 4.74 Å². The molecule has 0 spiro atoms. The van der Waals surface area contributed by atoms with Gasteiger partial charge in [-0.3, -0.25) is 0 Å². The molecule has 0 bridgehead atoms. The van der Waals surface area contributed by atoms with E-state index >= 15 is 0 Å². The Hall–Kier alpha value is -4.36. The van der Waals surface area contributed by atoms with Gasteiger partial charge in [-0.2, -0.15) is 0 Å². The van der Waals surface area contributed by atoms with Crippen LogP contribution in [0.1, 0.15) is 25.0 Å². The molecule has 0 radical (unpaired) electrons. The highest BCUT2D eigenvalue weighted by molar-refractivity contribution is 6.06. The predicted octanol–water partition coefficient (Wildman–Crippen LogP) is 9.74. The summed E-state index contributed by atoms with van der Waals surface area (Å²) in [6.45, 7) is 4.70. The Balaban J connectivity index is 1.35. The van der Waals surface area contributed by atoms with Gasteiger partial charge in [0.15, 0.2) is 0 Å². The van der Waals surface area contributed by atoms with Crippen LogP contribution < -0.4 is 4.74 Å². The largest absolute Gasteiger partial charge is 0.455 e. The Labute approximate surface area is 210 Å². The van der Waals surface area contributed by atoms with E-state index < -0.39 is 0 Å². The van der Waals surface area contributed by atoms with E-state index in [1.54, 1.807) is 0 Å². The maximum Gasteiger partial charge on any atom is 0.143 e. The zero-order valence-corrected chi connectivity index (χ0v) is 20.3. The van der Waals surface area contributed by atoms with Gasteiger partial charge in [-0.1, -0.05) is 111 Å². The van der Waals surface area contributed by atoms with Crippen LogP contribution in [0.25, 0.3) is 54.9 Å². The minimum absolute atomic E-state index is 0.0708. The second-order valence-corrected chi connectivity index (χ2v) is 10.5. The minimum atomic E-state index is -0.0708. The molecular weight excluding hydrogens is 436 g/mol. The fourth-order valence-corrected chi connectivity index (χ4v) is 6.49. The molecule has 0 aromatic heterocycles. The first-order chi connectivity index (χ1) is 17.6. The van der Waals surface area contributed by atoms with Crippen LogP contribution in [0.3, 0.4) is 0 Å². The molecule has 170 valence electrons. The number of benzene rings is 6. The molecule has 0 fully saturated rings. The van der Waals surface area contributed by atoms with Crippen molar-refractivity contribution in [2.24, 2.45) is 0 Å². The molecule has 1 aliphatic carbocycles. The van der Waals surface area contributed by atoms with Crippen LogP contribution in [0, 0.1) is 0 Å². The second kappa shape index (κ2) is 6.86. The standard InChI is InChI=1S/C35H24O/c1-35(2)29-19-17-21-8-3-4-11-24(21)33(29)28-18-16-23(20-30(28)35)25-12-7-14-27-26-13-5-9-22-10-6-15-31(32(22)26)36-34(25)27/h3-20H,1-2H3. The highest BCUT2D eigenvalue weighted by Gasteiger charge is 2.37. The molecule has 36 heavy (non-hydrogen) atoms. The molecule has 0 amide bonds. The predicted molar refractivity (Wildman–Crippen MR) is 150 cm³/mol. The van der Waals surface area contributed by atoms with E-state index in [2.05, 4.69) is 123 Å². The topological polar surface area (TPSA) is 9.23 Å². The van der Waals surface area contributed by atoms with Crippen molar-refractivity contribution in [3.8, 4) is 44.9 Å². The van der Waals surface area contributed by atoms with Gasteiger partial charge in [-0.15, -0.1) is 0 Å². The van der Waals surface area contributed by atoms with Crippen molar-refractivity contribution in [1.82, 2.24) is 0 Å². The van der Waals surface area contributed by atoms with E-state index in [1.165, 1.54) is 54.9 Å². The van der Waals surface area contributed by atoms with Gasteiger partial charge < -0.3 is 4.74 Å². The summed E-state index contributed by atoms with van der Waals surface area (Å²) in [5.41, 5.74) is 10.2. The first kappa shape index (κ1) is 19.9. The SMILES string of the molecule is CC1(C)c2cc(-c3cccc4c3Oc3cccc5cccc-4c35)ccc2-c2c1ccc1ccccc21. The lowest BCUT2D eigenvalue weighted by Gasteiger charge is -2.25.